The Balaban J connectivity index is 2.13. The second-order valence-corrected chi connectivity index (χ2v) is 4.32. The van der Waals surface area contributed by atoms with Gasteiger partial charge in [-0.25, -0.2) is 4.99 Å². The Morgan fingerprint density at radius 3 is 2.82 bits per heavy atom. The standard InChI is InChI=1S/C14H18N2O/c1-4-17-14(12-6-7-12)16-11(3)13-8-5-10(2)9-15-13/h5,8-9,12H,3-4,6-7H2,1-2H3/b16-14-. The van der Waals surface area contributed by atoms with Crippen LogP contribution in [0.5, 0.6) is 0 Å². The van der Waals surface area contributed by atoms with Crippen LogP contribution in [0.3, 0.4) is 0 Å². The van der Waals surface area contributed by atoms with E-state index >= 15 is 0 Å². The number of nitrogens with zero attached hydrogens (tertiary/aromatic N) is 2. The van der Waals surface area contributed by atoms with Crippen molar-refractivity contribution in [2.45, 2.75) is 26.7 Å². The number of rotatable bonds is 4. The lowest BCUT2D eigenvalue weighted by Gasteiger charge is -2.07. The van der Waals surface area contributed by atoms with Crippen molar-refractivity contribution < 1.29 is 4.74 Å². The molecule has 0 aromatic carbocycles. The van der Waals surface area contributed by atoms with E-state index in [1.807, 2.05) is 32.2 Å². The molecule has 1 aromatic heterocycles. The summed E-state index contributed by atoms with van der Waals surface area (Å²) < 4.78 is 5.54. The van der Waals surface area contributed by atoms with Gasteiger partial charge >= 0.3 is 0 Å². The maximum atomic E-state index is 5.54. The molecule has 1 aliphatic rings. The number of aryl methyl sites for hydroxylation is 1. The highest BCUT2D eigenvalue weighted by molar-refractivity contribution is 5.86. The van der Waals surface area contributed by atoms with Crippen molar-refractivity contribution in [3.8, 4) is 0 Å². The van der Waals surface area contributed by atoms with E-state index in [1.54, 1.807) is 0 Å². The molecule has 1 fully saturated rings. The Hall–Kier alpha value is -1.64. The molecule has 0 amide bonds. The molecule has 0 saturated heterocycles. The second kappa shape index (κ2) is 5.13. The van der Waals surface area contributed by atoms with Gasteiger partial charge in [-0.1, -0.05) is 12.6 Å². The van der Waals surface area contributed by atoms with Gasteiger partial charge in [0, 0.05) is 12.1 Å². The van der Waals surface area contributed by atoms with Crippen LogP contribution in [0.1, 0.15) is 31.0 Å². The Bertz CT molecular complexity index is 430. The summed E-state index contributed by atoms with van der Waals surface area (Å²) >= 11 is 0. The Morgan fingerprint density at radius 1 is 1.53 bits per heavy atom. The van der Waals surface area contributed by atoms with Crippen molar-refractivity contribution >= 4 is 11.6 Å². The molecule has 90 valence electrons. The Labute approximate surface area is 102 Å². The van der Waals surface area contributed by atoms with Gasteiger partial charge in [0.2, 0.25) is 0 Å². The number of ether oxygens (including phenoxy) is 1. The van der Waals surface area contributed by atoms with Crippen molar-refractivity contribution in [1.82, 2.24) is 4.98 Å². The summed E-state index contributed by atoms with van der Waals surface area (Å²) in [4.78, 5) is 8.77. The van der Waals surface area contributed by atoms with Crippen LogP contribution in [0.2, 0.25) is 0 Å². The second-order valence-electron chi connectivity index (χ2n) is 4.32. The van der Waals surface area contributed by atoms with E-state index in [1.165, 1.54) is 12.8 Å². The Morgan fingerprint density at radius 2 is 2.29 bits per heavy atom. The molecule has 0 atom stereocenters. The van der Waals surface area contributed by atoms with E-state index in [-0.39, 0.29) is 0 Å². The predicted molar refractivity (Wildman–Crippen MR) is 69.8 cm³/mol. The third-order valence-electron chi connectivity index (χ3n) is 2.67. The predicted octanol–water partition coefficient (Wildman–Crippen LogP) is 3.21. The van der Waals surface area contributed by atoms with Gasteiger partial charge in [0.25, 0.3) is 0 Å². The molecule has 1 aromatic rings. The lowest BCUT2D eigenvalue weighted by molar-refractivity contribution is 0.314. The minimum atomic E-state index is 0.497. The molecule has 3 heteroatoms. The van der Waals surface area contributed by atoms with Crippen LogP contribution in [0.25, 0.3) is 5.70 Å². The number of aliphatic imine (C=N–C) groups is 1. The molecule has 1 saturated carbocycles. The minimum absolute atomic E-state index is 0.497. The zero-order valence-electron chi connectivity index (χ0n) is 10.4. The molecule has 2 rings (SSSR count). The van der Waals surface area contributed by atoms with E-state index < -0.39 is 0 Å². The summed E-state index contributed by atoms with van der Waals surface area (Å²) in [7, 11) is 0. The lowest BCUT2D eigenvalue weighted by Crippen LogP contribution is -2.07. The minimum Gasteiger partial charge on any atom is -0.481 e. The third kappa shape index (κ3) is 3.16. The quantitative estimate of drug-likeness (QED) is 0.588. The zero-order valence-corrected chi connectivity index (χ0v) is 10.4. The fourth-order valence-corrected chi connectivity index (χ4v) is 1.55. The van der Waals surface area contributed by atoms with Crippen LogP contribution in [0.4, 0.5) is 0 Å². The fraction of sp³-hybridized carbons (Fsp3) is 0.429. The molecule has 0 spiro atoms. The van der Waals surface area contributed by atoms with Crippen LogP contribution < -0.4 is 0 Å². The van der Waals surface area contributed by atoms with Crippen LogP contribution in [-0.4, -0.2) is 17.5 Å². The van der Waals surface area contributed by atoms with Gasteiger partial charge in [-0.15, -0.1) is 0 Å². The molecular weight excluding hydrogens is 212 g/mol. The van der Waals surface area contributed by atoms with E-state index in [4.69, 9.17) is 4.74 Å². The first kappa shape index (κ1) is 11.8. The van der Waals surface area contributed by atoms with E-state index in [0.29, 0.717) is 18.2 Å². The first-order valence-corrected chi connectivity index (χ1v) is 6.04. The molecule has 0 radical (unpaired) electrons. The summed E-state index contributed by atoms with van der Waals surface area (Å²) in [5.41, 5.74) is 2.63. The number of pyridine rings is 1. The topological polar surface area (TPSA) is 34.5 Å². The monoisotopic (exact) mass is 230 g/mol. The highest BCUT2D eigenvalue weighted by atomic mass is 16.5. The zero-order chi connectivity index (χ0) is 12.3. The average molecular weight is 230 g/mol. The van der Waals surface area contributed by atoms with E-state index in [9.17, 15) is 0 Å². The van der Waals surface area contributed by atoms with Gasteiger partial charge < -0.3 is 4.74 Å². The van der Waals surface area contributed by atoms with Gasteiger partial charge in [0.05, 0.1) is 18.0 Å². The van der Waals surface area contributed by atoms with Crippen LogP contribution in [-0.2, 0) is 4.74 Å². The van der Waals surface area contributed by atoms with Gasteiger partial charge in [-0.3, -0.25) is 4.98 Å². The molecule has 0 bridgehead atoms. The normalized spacial score (nSPS) is 15.8. The van der Waals surface area contributed by atoms with Crippen molar-refractivity contribution in [1.29, 1.82) is 0 Å². The van der Waals surface area contributed by atoms with Crippen molar-refractivity contribution in [2.24, 2.45) is 10.9 Å². The van der Waals surface area contributed by atoms with E-state index in [0.717, 1.165) is 17.2 Å². The molecule has 1 heterocycles. The molecule has 0 unspecified atom stereocenters. The number of hydrogen-bond donors (Lipinski definition) is 0. The van der Waals surface area contributed by atoms with Crippen LogP contribution in [0, 0.1) is 12.8 Å². The first-order chi connectivity index (χ1) is 8.20. The maximum Gasteiger partial charge on any atom is 0.191 e. The molecule has 3 nitrogen and oxygen atoms in total. The summed E-state index contributed by atoms with van der Waals surface area (Å²) in [5, 5.41) is 0. The van der Waals surface area contributed by atoms with Crippen molar-refractivity contribution in [2.75, 3.05) is 6.61 Å². The first-order valence-electron chi connectivity index (χ1n) is 6.04. The third-order valence-corrected chi connectivity index (χ3v) is 2.67. The SMILES string of the molecule is C=C(/N=C(\OCC)C1CC1)c1ccc(C)cn1. The summed E-state index contributed by atoms with van der Waals surface area (Å²) in [6.45, 7) is 8.60. The van der Waals surface area contributed by atoms with Crippen molar-refractivity contribution in [3.63, 3.8) is 0 Å². The number of hydrogen-bond acceptors (Lipinski definition) is 3. The molecular formula is C14H18N2O. The summed E-state index contributed by atoms with van der Waals surface area (Å²) in [6, 6.07) is 3.96. The van der Waals surface area contributed by atoms with Crippen LogP contribution >= 0.6 is 0 Å². The lowest BCUT2D eigenvalue weighted by atomic mass is 10.2. The van der Waals surface area contributed by atoms with Gasteiger partial charge in [0.15, 0.2) is 5.90 Å². The highest BCUT2D eigenvalue weighted by Crippen LogP contribution is 2.32. The van der Waals surface area contributed by atoms with Gasteiger partial charge in [0.1, 0.15) is 0 Å². The smallest absolute Gasteiger partial charge is 0.191 e. The Kier molecular flexibility index (Phi) is 3.57. The fourth-order valence-electron chi connectivity index (χ4n) is 1.55. The molecule has 1 aliphatic carbocycles. The molecule has 17 heavy (non-hydrogen) atoms. The average Bonchev–Trinajstić information content (AvgIpc) is 3.13. The molecule has 0 aliphatic heterocycles. The summed E-state index contributed by atoms with van der Waals surface area (Å²) in [5.74, 6) is 1.32. The molecule has 0 N–H and O–H groups in total. The summed E-state index contributed by atoms with van der Waals surface area (Å²) in [6.07, 6.45) is 4.17. The van der Waals surface area contributed by atoms with Gasteiger partial charge in [-0.05, 0) is 38.3 Å². The largest absolute Gasteiger partial charge is 0.481 e. The van der Waals surface area contributed by atoms with Crippen molar-refractivity contribution in [3.05, 3.63) is 36.2 Å². The number of aromatic nitrogens is 1. The van der Waals surface area contributed by atoms with Crippen LogP contribution in [0.15, 0.2) is 29.9 Å². The van der Waals surface area contributed by atoms with E-state index in [2.05, 4.69) is 16.6 Å². The maximum absolute atomic E-state index is 5.54. The van der Waals surface area contributed by atoms with Gasteiger partial charge in [-0.2, -0.15) is 0 Å². The highest BCUT2D eigenvalue weighted by Gasteiger charge is 2.29.